The van der Waals surface area contributed by atoms with Crippen molar-refractivity contribution < 1.29 is 17.1 Å². The summed E-state index contributed by atoms with van der Waals surface area (Å²) in [5, 5.41) is -0.610. The Hall–Kier alpha value is -0.500. The van der Waals surface area contributed by atoms with E-state index in [1.54, 1.807) is 0 Å². The smallest absolute Gasteiger partial charge is 0.333 e. The summed E-state index contributed by atoms with van der Waals surface area (Å²) in [5.41, 5.74) is 0. The molecule has 4 nitrogen and oxygen atoms in total. The van der Waals surface area contributed by atoms with Crippen LogP contribution in [0.15, 0.2) is 21.9 Å². The molecule has 100 valence electrons. The highest BCUT2D eigenvalue weighted by molar-refractivity contribution is 8.13. The van der Waals surface area contributed by atoms with Crippen LogP contribution >= 0.6 is 35.0 Å². The number of rotatable bonds is 2. The molecule has 0 fully saturated rings. The minimum Gasteiger partial charge on any atom is -0.339 e. The van der Waals surface area contributed by atoms with Crippen molar-refractivity contribution in [1.82, 2.24) is 4.90 Å². The first-order valence-corrected chi connectivity index (χ1v) is 7.41. The van der Waals surface area contributed by atoms with Crippen LogP contribution in [-0.2, 0) is 10.2 Å². The first-order chi connectivity index (χ1) is 8.12. The van der Waals surface area contributed by atoms with Gasteiger partial charge >= 0.3 is 10.2 Å². The molecule has 0 saturated heterocycles. The van der Waals surface area contributed by atoms with Gasteiger partial charge in [0.15, 0.2) is 0 Å². The maximum atomic E-state index is 13.1. The molecule has 0 radical (unpaired) electrons. The van der Waals surface area contributed by atoms with Crippen molar-refractivity contribution in [3.05, 3.63) is 22.2 Å². The summed E-state index contributed by atoms with van der Waals surface area (Å²) in [6.07, 6.45) is 0. The lowest BCUT2D eigenvalue weighted by molar-refractivity contribution is 0.241. The van der Waals surface area contributed by atoms with Gasteiger partial charge in [-0.2, -0.15) is 8.42 Å². The van der Waals surface area contributed by atoms with Crippen molar-refractivity contribution >= 4 is 50.4 Å². The van der Waals surface area contributed by atoms with Gasteiger partial charge in [0.1, 0.15) is 4.90 Å². The second-order valence-corrected chi connectivity index (χ2v) is 6.54. The summed E-state index contributed by atoms with van der Waals surface area (Å²) in [6.45, 7) is 0. The molecule has 0 atom stereocenters. The fourth-order valence-corrected chi connectivity index (χ4v) is 3.42. The Balaban J connectivity index is 3.38. The maximum absolute atomic E-state index is 13.1. The highest BCUT2D eigenvalue weighted by Crippen LogP contribution is 2.37. The molecular formula is C9H8Cl2FNO3S2. The van der Waals surface area contributed by atoms with Crippen molar-refractivity contribution in [2.24, 2.45) is 0 Å². The third-order valence-corrected chi connectivity index (χ3v) is 4.58. The highest BCUT2D eigenvalue weighted by Gasteiger charge is 2.24. The molecule has 0 aliphatic carbocycles. The van der Waals surface area contributed by atoms with Crippen molar-refractivity contribution in [2.45, 2.75) is 9.79 Å². The molecule has 18 heavy (non-hydrogen) atoms. The molecule has 0 spiro atoms. The molecule has 1 aromatic rings. The number of thioether (sulfide) groups is 1. The number of halogens is 3. The second kappa shape index (κ2) is 5.64. The van der Waals surface area contributed by atoms with Crippen LogP contribution in [0.4, 0.5) is 8.68 Å². The molecule has 0 saturated carbocycles. The zero-order valence-electron chi connectivity index (χ0n) is 9.28. The molecule has 0 unspecified atom stereocenters. The molecule has 0 N–H and O–H groups in total. The van der Waals surface area contributed by atoms with Gasteiger partial charge in [0.05, 0.1) is 9.92 Å². The van der Waals surface area contributed by atoms with Crippen LogP contribution < -0.4 is 0 Å². The van der Waals surface area contributed by atoms with Gasteiger partial charge in [0.2, 0.25) is 0 Å². The molecule has 1 rings (SSSR count). The average Bonchev–Trinajstić information content (AvgIpc) is 2.19. The first-order valence-electron chi connectivity index (χ1n) is 4.45. The summed E-state index contributed by atoms with van der Waals surface area (Å²) in [6, 6.07) is 2.15. The van der Waals surface area contributed by atoms with Crippen LogP contribution in [0.5, 0.6) is 0 Å². The van der Waals surface area contributed by atoms with Crippen LogP contribution in [0.3, 0.4) is 0 Å². The van der Waals surface area contributed by atoms with Crippen LogP contribution in [0.2, 0.25) is 10.0 Å². The van der Waals surface area contributed by atoms with Crippen LogP contribution in [-0.4, -0.2) is 32.7 Å². The van der Waals surface area contributed by atoms with Crippen molar-refractivity contribution in [3.8, 4) is 0 Å². The fraction of sp³-hybridized carbons (Fsp3) is 0.222. The molecule has 0 aromatic heterocycles. The Bertz CT molecular complexity index is 590. The summed E-state index contributed by atoms with van der Waals surface area (Å²) < 4.78 is 35.1. The van der Waals surface area contributed by atoms with Gasteiger partial charge in [-0.05, 0) is 23.9 Å². The van der Waals surface area contributed by atoms with E-state index in [1.807, 2.05) is 0 Å². The van der Waals surface area contributed by atoms with Crippen LogP contribution in [0, 0.1) is 0 Å². The minimum atomic E-state index is -5.01. The van der Waals surface area contributed by atoms with E-state index in [9.17, 15) is 17.1 Å². The number of amides is 1. The number of hydrogen-bond acceptors (Lipinski definition) is 4. The lowest BCUT2D eigenvalue weighted by Gasteiger charge is -2.12. The van der Waals surface area contributed by atoms with E-state index >= 15 is 0 Å². The fourth-order valence-electron chi connectivity index (χ4n) is 0.996. The molecule has 0 heterocycles. The van der Waals surface area contributed by atoms with E-state index < -0.39 is 20.4 Å². The quantitative estimate of drug-likeness (QED) is 0.615. The zero-order chi connectivity index (χ0) is 14.1. The molecule has 9 heteroatoms. The number of carbonyl (C=O) groups is 1. The van der Waals surface area contributed by atoms with Crippen LogP contribution in [0.25, 0.3) is 0 Å². The summed E-state index contributed by atoms with van der Waals surface area (Å²) >= 11 is 11.9. The minimum absolute atomic E-state index is 0.0297. The van der Waals surface area contributed by atoms with E-state index in [0.717, 1.165) is 6.07 Å². The monoisotopic (exact) mass is 331 g/mol. The number of nitrogens with zero attached hydrogens (tertiary/aromatic N) is 1. The maximum Gasteiger partial charge on any atom is 0.333 e. The van der Waals surface area contributed by atoms with Gasteiger partial charge in [0.25, 0.3) is 5.24 Å². The van der Waals surface area contributed by atoms with Gasteiger partial charge in [-0.15, -0.1) is 3.89 Å². The number of benzene rings is 1. The normalized spacial score (nSPS) is 11.4. The predicted octanol–water partition coefficient (Wildman–Crippen LogP) is 3.43. The largest absolute Gasteiger partial charge is 0.339 e. The van der Waals surface area contributed by atoms with Crippen molar-refractivity contribution in [3.63, 3.8) is 0 Å². The Morgan fingerprint density at radius 2 is 1.89 bits per heavy atom. The third kappa shape index (κ3) is 3.74. The van der Waals surface area contributed by atoms with Crippen molar-refractivity contribution in [1.29, 1.82) is 0 Å². The lowest BCUT2D eigenvalue weighted by atomic mass is 10.3. The Labute approximate surface area is 118 Å². The van der Waals surface area contributed by atoms with Crippen LogP contribution in [0.1, 0.15) is 0 Å². The third-order valence-electron chi connectivity index (χ3n) is 1.79. The zero-order valence-corrected chi connectivity index (χ0v) is 12.4. The predicted molar refractivity (Wildman–Crippen MR) is 69.7 cm³/mol. The standard InChI is InChI=1S/C9H8Cl2FNO3S2/c1-13(2)9(14)17-8-6(11)3-5(10)4-7(8)18(12,15)16/h3-4H,1-2H3. The topological polar surface area (TPSA) is 54.5 Å². The van der Waals surface area contributed by atoms with Gasteiger partial charge in [-0.1, -0.05) is 23.2 Å². The molecule has 0 aliphatic rings. The van der Waals surface area contributed by atoms with E-state index in [4.69, 9.17) is 23.2 Å². The Morgan fingerprint density at radius 1 is 1.33 bits per heavy atom. The van der Waals surface area contributed by atoms with Crippen molar-refractivity contribution in [2.75, 3.05) is 14.1 Å². The lowest BCUT2D eigenvalue weighted by Crippen LogP contribution is -2.16. The Morgan fingerprint density at radius 3 is 2.33 bits per heavy atom. The molecular weight excluding hydrogens is 324 g/mol. The van der Waals surface area contributed by atoms with E-state index in [2.05, 4.69) is 0 Å². The summed E-state index contributed by atoms with van der Waals surface area (Å²) in [4.78, 5) is 11.8. The summed E-state index contributed by atoms with van der Waals surface area (Å²) in [7, 11) is -2.06. The SMILES string of the molecule is CN(C)C(=O)Sc1c(Cl)cc(Cl)cc1S(=O)(=O)F. The van der Waals surface area contributed by atoms with Gasteiger partial charge in [-0.25, -0.2) is 0 Å². The summed E-state index contributed by atoms with van der Waals surface area (Å²) in [5.74, 6) is 0. The highest BCUT2D eigenvalue weighted by atomic mass is 35.5. The molecule has 0 bridgehead atoms. The van der Waals surface area contributed by atoms with Gasteiger partial charge in [0, 0.05) is 19.1 Å². The van der Waals surface area contributed by atoms with E-state index in [1.165, 1.54) is 25.1 Å². The molecule has 0 aliphatic heterocycles. The molecule has 1 aromatic carbocycles. The van der Waals surface area contributed by atoms with E-state index in [0.29, 0.717) is 11.8 Å². The number of carbonyl (C=O) groups excluding carboxylic acids is 1. The number of hydrogen-bond donors (Lipinski definition) is 0. The molecule has 1 amide bonds. The van der Waals surface area contributed by atoms with Gasteiger partial charge < -0.3 is 4.90 Å². The second-order valence-electron chi connectivity index (χ2n) is 3.42. The average molecular weight is 332 g/mol. The van der Waals surface area contributed by atoms with E-state index in [-0.39, 0.29) is 14.9 Å². The van der Waals surface area contributed by atoms with Gasteiger partial charge in [-0.3, -0.25) is 4.79 Å². The Kier molecular flexibility index (Phi) is 4.88. The first kappa shape index (κ1) is 15.6.